The zero-order valence-electron chi connectivity index (χ0n) is 11.1. The molecule has 1 heterocycles. The van der Waals surface area contributed by atoms with E-state index in [1.807, 2.05) is 20.0 Å². The average molecular weight is 264 g/mol. The number of hydrogen-bond donors (Lipinski definition) is 1. The first kappa shape index (κ1) is 13.5. The Morgan fingerprint density at radius 1 is 1.37 bits per heavy atom. The van der Waals surface area contributed by atoms with E-state index in [1.165, 1.54) is 12.1 Å². The van der Waals surface area contributed by atoms with Crippen LogP contribution in [0.25, 0.3) is 0 Å². The Morgan fingerprint density at radius 3 is 2.89 bits per heavy atom. The highest BCUT2D eigenvalue weighted by atomic mass is 19.1. The van der Waals surface area contributed by atoms with Crippen molar-refractivity contribution in [2.75, 3.05) is 6.54 Å². The van der Waals surface area contributed by atoms with Crippen LogP contribution in [0.2, 0.25) is 0 Å². The summed E-state index contributed by atoms with van der Waals surface area (Å²) in [5.74, 6) is 0.886. The van der Waals surface area contributed by atoms with E-state index >= 15 is 0 Å². The number of halogens is 1. The third kappa shape index (κ3) is 3.75. The smallest absolute Gasteiger partial charge is 0.170 e. The Hall–Kier alpha value is -1.95. The number of nitrogens with zero attached hydrogens (tertiary/aromatic N) is 3. The Kier molecular flexibility index (Phi) is 4.46. The van der Waals surface area contributed by atoms with Gasteiger partial charge in [-0.15, -0.1) is 10.2 Å². The monoisotopic (exact) mass is 264 g/mol. The predicted molar refractivity (Wildman–Crippen MR) is 69.1 cm³/mol. The number of aromatic nitrogens is 3. The van der Waals surface area contributed by atoms with Crippen LogP contribution >= 0.6 is 0 Å². The van der Waals surface area contributed by atoms with E-state index in [9.17, 15) is 4.39 Å². The summed E-state index contributed by atoms with van der Waals surface area (Å²) in [6.45, 7) is 3.73. The van der Waals surface area contributed by atoms with Crippen molar-refractivity contribution in [2.24, 2.45) is 7.05 Å². The van der Waals surface area contributed by atoms with Gasteiger partial charge in [-0.25, -0.2) is 4.39 Å². The SMILES string of the molecule is CCNCc1cc(F)cc(OCc2nncn2C)c1. The van der Waals surface area contributed by atoms with Crippen LogP contribution in [0.3, 0.4) is 0 Å². The van der Waals surface area contributed by atoms with Crippen molar-refractivity contribution in [3.8, 4) is 5.75 Å². The van der Waals surface area contributed by atoms with Gasteiger partial charge < -0.3 is 14.6 Å². The van der Waals surface area contributed by atoms with Crippen LogP contribution in [0, 0.1) is 5.82 Å². The summed E-state index contributed by atoms with van der Waals surface area (Å²) in [7, 11) is 1.83. The Morgan fingerprint density at radius 2 is 2.21 bits per heavy atom. The number of hydrogen-bond acceptors (Lipinski definition) is 4. The second-order valence-corrected chi connectivity index (χ2v) is 4.22. The first-order chi connectivity index (χ1) is 9.19. The number of rotatable bonds is 6. The van der Waals surface area contributed by atoms with Gasteiger partial charge in [-0.2, -0.15) is 0 Å². The molecule has 1 aromatic carbocycles. The summed E-state index contributed by atoms with van der Waals surface area (Å²) in [6, 6.07) is 4.69. The highest BCUT2D eigenvalue weighted by molar-refractivity contribution is 5.29. The summed E-state index contributed by atoms with van der Waals surface area (Å²) in [5.41, 5.74) is 0.856. The van der Waals surface area contributed by atoms with Gasteiger partial charge in [-0.3, -0.25) is 0 Å². The topological polar surface area (TPSA) is 52.0 Å². The fourth-order valence-corrected chi connectivity index (χ4v) is 1.66. The zero-order chi connectivity index (χ0) is 13.7. The summed E-state index contributed by atoms with van der Waals surface area (Å²) in [6.07, 6.45) is 1.60. The molecule has 0 bridgehead atoms. The molecule has 0 aliphatic rings. The second-order valence-electron chi connectivity index (χ2n) is 4.22. The third-order valence-corrected chi connectivity index (χ3v) is 2.68. The lowest BCUT2D eigenvalue weighted by molar-refractivity contribution is 0.289. The van der Waals surface area contributed by atoms with Gasteiger partial charge in [0.2, 0.25) is 0 Å². The van der Waals surface area contributed by atoms with Crippen LogP contribution in [0.1, 0.15) is 18.3 Å². The molecule has 5 nitrogen and oxygen atoms in total. The molecule has 0 saturated heterocycles. The zero-order valence-corrected chi connectivity index (χ0v) is 11.1. The fourth-order valence-electron chi connectivity index (χ4n) is 1.66. The molecule has 0 radical (unpaired) electrons. The molecule has 19 heavy (non-hydrogen) atoms. The van der Waals surface area contributed by atoms with Crippen LogP contribution in [0.5, 0.6) is 5.75 Å². The average Bonchev–Trinajstić information content (AvgIpc) is 2.79. The molecule has 0 spiro atoms. The molecule has 0 unspecified atom stereocenters. The van der Waals surface area contributed by atoms with Gasteiger partial charge in [0.25, 0.3) is 0 Å². The highest BCUT2D eigenvalue weighted by Gasteiger charge is 2.05. The lowest BCUT2D eigenvalue weighted by atomic mass is 10.2. The van der Waals surface area contributed by atoms with Gasteiger partial charge in [0.1, 0.15) is 24.5 Å². The number of ether oxygens (including phenoxy) is 1. The van der Waals surface area contributed by atoms with Gasteiger partial charge >= 0.3 is 0 Å². The Balaban J connectivity index is 2.03. The van der Waals surface area contributed by atoms with E-state index in [0.717, 1.165) is 12.1 Å². The van der Waals surface area contributed by atoms with Crippen molar-refractivity contribution < 1.29 is 9.13 Å². The summed E-state index contributed by atoms with van der Waals surface area (Å²) >= 11 is 0. The number of benzene rings is 1. The third-order valence-electron chi connectivity index (χ3n) is 2.68. The van der Waals surface area contributed by atoms with Crippen LogP contribution in [-0.2, 0) is 20.2 Å². The quantitative estimate of drug-likeness (QED) is 0.862. The minimum Gasteiger partial charge on any atom is -0.485 e. The first-order valence-electron chi connectivity index (χ1n) is 6.15. The molecule has 0 amide bonds. The second kappa shape index (κ2) is 6.29. The fraction of sp³-hybridized carbons (Fsp3) is 0.385. The molecule has 2 aromatic rings. The summed E-state index contributed by atoms with van der Waals surface area (Å²) < 4.78 is 20.8. The lowest BCUT2D eigenvalue weighted by Gasteiger charge is -2.08. The highest BCUT2D eigenvalue weighted by Crippen LogP contribution is 2.17. The van der Waals surface area contributed by atoms with E-state index in [4.69, 9.17) is 4.74 Å². The molecule has 0 atom stereocenters. The minimum atomic E-state index is -0.302. The molecule has 0 aliphatic carbocycles. The Labute approximate surface area is 111 Å². The van der Waals surface area contributed by atoms with Crippen molar-refractivity contribution in [1.29, 1.82) is 0 Å². The molecule has 102 valence electrons. The maximum absolute atomic E-state index is 13.5. The van der Waals surface area contributed by atoms with Gasteiger partial charge in [-0.1, -0.05) is 6.92 Å². The normalized spacial score (nSPS) is 10.7. The number of aryl methyl sites for hydroxylation is 1. The molecule has 6 heteroatoms. The van der Waals surface area contributed by atoms with Gasteiger partial charge in [-0.05, 0) is 24.2 Å². The van der Waals surface area contributed by atoms with E-state index < -0.39 is 0 Å². The van der Waals surface area contributed by atoms with E-state index in [1.54, 1.807) is 10.9 Å². The number of nitrogens with one attached hydrogen (secondary N) is 1. The van der Waals surface area contributed by atoms with Crippen molar-refractivity contribution in [2.45, 2.75) is 20.1 Å². The van der Waals surface area contributed by atoms with Crippen molar-refractivity contribution in [1.82, 2.24) is 20.1 Å². The van der Waals surface area contributed by atoms with Crippen LogP contribution in [-0.4, -0.2) is 21.3 Å². The maximum Gasteiger partial charge on any atom is 0.170 e. The van der Waals surface area contributed by atoms with Crippen molar-refractivity contribution in [3.63, 3.8) is 0 Å². The molecule has 1 aromatic heterocycles. The summed E-state index contributed by atoms with van der Waals surface area (Å²) in [5, 5.41) is 10.8. The molecular formula is C13H17FN4O. The molecule has 1 N–H and O–H groups in total. The van der Waals surface area contributed by atoms with Gasteiger partial charge in [0.15, 0.2) is 5.82 Å². The largest absolute Gasteiger partial charge is 0.485 e. The molecule has 0 fully saturated rings. The van der Waals surface area contributed by atoms with Crippen molar-refractivity contribution >= 4 is 0 Å². The van der Waals surface area contributed by atoms with E-state index in [2.05, 4.69) is 15.5 Å². The van der Waals surface area contributed by atoms with Crippen LogP contribution in [0.4, 0.5) is 4.39 Å². The molecule has 0 aliphatic heterocycles. The molecule has 0 saturated carbocycles. The summed E-state index contributed by atoms with van der Waals surface area (Å²) in [4.78, 5) is 0. The predicted octanol–water partition coefficient (Wildman–Crippen LogP) is 1.64. The van der Waals surface area contributed by atoms with Crippen LogP contribution < -0.4 is 10.1 Å². The van der Waals surface area contributed by atoms with Crippen LogP contribution in [0.15, 0.2) is 24.5 Å². The van der Waals surface area contributed by atoms with Gasteiger partial charge in [0, 0.05) is 19.7 Å². The minimum absolute atomic E-state index is 0.264. The van der Waals surface area contributed by atoms with Gasteiger partial charge in [0.05, 0.1) is 0 Å². The Bertz CT molecular complexity index is 541. The standard InChI is InChI=1S/C13H17FN4O/c1-3-15-7-10-4-11(14)6-12(5-10)19-8-13-17-16-9-18(13)2/h4-6,9,15H,3,7-8H2,1-2H3. The lowest BCUT2D eigenvalue weighted by Crippen LogP contribution is -2.12. The van der Waals surface area contributed by atoms with E-state index in [0.29, 0.717) is 18.1 Å². The molecular weight excluding hydrogens is 247 g/mol. The van der Waals surface area contributed by atoms with Crippen molar-refractivity contribution in [3.05, 3.63) is 41.7 Å². The first-order valence-corrected chi connectivity index (χ1v) is 6.15. The van der Waals surface area contributed by atoms with E-state index in [-0.39, 0.29) is 12.4 Å². The maximum atomic E-state index is 13.5. The molecule has 2 rings (SSSR count).